The molecule has 1 fully saturated rings. The Morgan fingerprint density at radius 3 is 2.75 bits per heavy atom. The summed E-state index contributed by atoms with van der Waals surface area (Å²) in [5, 5.41) is 20.9. The minimum absolute atomic E-state index is 0.160. The van der Waals surface area contributed by atoms with E-state index in [0.717, 1.165) is 36.1 Å². The number of aliphatic hydroxyl groups is 2. The number of aliphatic hydroxyl groups excluding tert-OH is 1. The van der Waals surface area contributed by atoms with Crippen LogP contribution in [0.4, 0.5) is 5.13 Å². The Bertz CT molecular complexity index is 455. The minimum atomic E-state index is -0.916. The number of hydrogen-bond donors (Lipinski definition) is 2. The van der Waals surface area contributed by atoms with Crippen molar-refractivity contribution in [3.05, 3.63) is 10.0 Å². The molecule has 1 aromatic heterocycles. The van der Waals surface area contributed by atoms with Gasteiger partial charge in [0.15, 0.2) is 5.13 Å². The van der Waals surface area contributed by atoms with Crippen molar-refractivity contribution in [3.8, 4) is 0 Å². The van der Waals surface area contributed by atoms with Gasteiger partial charge in [0, 0.05) is 27.2 Å². The van der Waals surface area contributed by atoms with E-state index in [1.165, 1.54) is 0 Å². The van der Waals surface area contributed by atoms with E-state index in [9.17, 15) is 10.2 Å². The van der Waals surface area contributed by atoms with E-state index in [2.05, 4.69) is 9.88 Å². The summed E-state index contributed by atoms with van der Waals surface area (Å²) in [6, 6.07) is 0. The van der Waals surface area contributed by atoms with Crippen LogP contribution < -0.4 is 4.90 Å². The quantitative estimate of drug-likeness (QED) is 0.882. The van der Waals surface area contributed by atoms with E-state index in [-0.39, 0.29) is 6.61 Å². The summed E-state index contributed by atoms with van der Waals surface area (Å²) >= 11 is 7.79. The molecule has 1 unspecified atom stereocenters. The Labute approximate surface area is 128 Å². The number of aromatic nitrogens is 1. The summed E-state index contributed by atoms with van der Waals surface area (Å²) < 4.78 is 0. The van der Waals surface area contributed by atoms with Gasteiger partial charge in [-0.25, -0.2) is 4.98 Å². The average Bonchev–Trinajstić information content (AvgIpc) is 2.66. The maximum atomic E-state index is 10.2. The zero-order valence-electron chi connectivity index (χ0n) is 12.0. The van der Waals surface area contributed by atoms with Crippen molar-refractivity contribution in [2.24, 2.45) is 0 Å². The summed E-state index contributed by atoms with van der Waals surface area (Å²) in [5.41, 5.74) is -0.916. The molecule has 0 amide bonds. The first-order valence-electron chi connectivity index (χ1n) is 6.82. The lowest BCUT2D eigenvalue weighted by atomic mass is 9.96. The summed E-state index contributed by atoms with van der Waals surface area (Å²) in [5.74, 6) is 0. The second-order valence-electron chi connectivity index (χ2n) is 5.62. The predicted molar refractivity (Wildman–Crippen MR) is 82.6 cm³/mol. The molecule has 2 rings (SSSR count). The van der Waals surface area contributed by atoms with Crippen molar-refractivity contribution in [2.45, 2.75) is 31.4 Å². The van der Waals surface area contributed by atoms with Gasteiger partial charge in [-0.1, -0.05) is 22.9 Å². The van der Waals surface area contributed by atoms with Crippen LogP contribution in [0.15, 0.2) is 0 Å². The van der Waals surface area contributed by atoms with E-state index in [1.807, 2.05) is 19.0 Å². The van der Waals surface area contributed by atoms with Crippen LogP contribution in [0, 0.1) is 0 Å². The lowest BCUT2D eigenvalue weighted by Crippen LogP contribution is -2.34. The molecule has 1 aliphatic heterocycles. The Morgan fingerprint density at radius 1 is 1.40 bits per heavy atom. The summed E-state index contributed by atoms with van der Waals surface area (Å²) in [4.78, 5) is 9.62. The number of rotatable bonds is 4. The Morgan fingerprint density at radius 2 is 2.15 bits per heavy atom. The lowest BCUT2D eigenvalue weighted by molar-refractivity contribution is -0.0255. The molecule has 0 bridgehead atoms. The van der Waals surface area contributed by atoms with Gasteiger partial charge in [-0.3, -0.25) is 4.90 Å². The van der Waals surface area contributed by atoms with Gasteiger partial charge in [-0.05, 0) is 25.8 Å². The van der Waals surface area contributed by atoms with Crippen molar-refractivity contribution < 1.29 is 10.2 Å². The monoisotopic (exact) mass is 319 g/mol. The third kappa shape index (κ3) is 3.83. The summed E-state index contributed by atoms with van der Waals surface area (Å²) in [7, 11) is 3.90. The molecular weight excluding hydrogens is 298 g/mol. The summed E-state index contributed by atoms with van der Waals surface area (Å²) in [6.07, 6.45) is 2.13. The van der Waals surface area contributed by atoms with Crippen molar-refractivity contribution >= 4 is 28.1 Å². The van der Waals surface area contributed by atoms with Gasteiger partial charge in [-0.2, -0.15) is 0 Å². The maximum absolute atomic E-state index is 10.2. The van der Waals surface area contributed by atoms with Crippen molar-refractivity contribution in [3.63, 3.8) is 0 Å². The molecule has 1 saturated heterocycles. The topological polar surface area (TPSA) is 59.8 Å². The Balaban J connectivity index is 2.00. The average molecular weight is 320 g/mol. The Hall–Kier alpha value is -0.400. The number of halogens is 1. The van der Waals surface area contributed by atoms with Gasteiger partial charge < -0.3 is 15.1 Å². The fraction of sp³-hybridized carbons (Fsp3) is 0.769. The normalized spacial score (nSPS) is 24.6. The molecule has 0 aromatic carbocycles. The molecule has 0 aliphatic carbocycles. The van der Waals surface area contributed by atoms with Crippen molar-refractivity contribution in [1.29, 1.82) is 0 Å². The number of thiazole rings is 1. The highest BCUT2D eigenvalue weighted by Crippen LogP contribution is 2.31. The van der Waals surface area contributed by atoms with Crippen LogP contribution in [0.3, 0.4) is 0 Å². The van der Waals surface area contributed by atoms with Crippen LogP contribution in [-0.4, -0.2) is 59.5 Å². The second-order valence-corrected chi connectivity index (χ2v) is 7.04. The molecular formula is C13H22ClN3O2S. The van der Waals surface area contributed by atoms with Gasteiger partial charge in [0.05, 0.1) is 17.1 Å². The molecule has 0 radical (unpaired) electrons. The van der Waals surface area contributed by atoms with Gasteiger partial charge in [0.1, 0.15) is 5.15 Å². The lowest BCUT2D eigenvalue weighted by Gasteiger charge is -2.24. The SMILES string of the molecule is CN(C)c1nc(Cl)c(CN2CCCC(O)(CO)CC2)s1. The third-order valence-corrected chi connectivity index (χ3v) is 5.32. The summed E-state index contributed by atoms with van der Waals surface area (Å²) in [6.45, 7) is 2.27. The van der Waals surface area contributed by atoms with Crippen LogP contribution in [-0.2, 0) is 6.54 Å². The fourth-order valence-electron chi connectivity index (χ4n) is 2.36. The van der Waals surface area contributed by atoms with Crippen LogP contribution in [0.25, 0.3) is 0 Å². The van der Waals surface area contributed by atoms with Crippen LogP contribution in [0.1, 0.15) is 24.1 Å². The van der Waals surface area contributed by atoms with Gasteiger partial charge in [0.25, 0.3) is 0 Å². The molecule has 1 aliphatic rings. The highest BCUT2D eigenvalue weighted by atomic mass is 35.5. The number of likely N-dealkylation sites (tertiary alicyclic amines) is 1. The van der Waals surface area contributed by atoms with E-state index in [0.29, 0.717) is 18.0 Å². The molecule has 0 saturated carbocycles. The molecule has 7 heteroatoms. The Kier molecular flexibility index (Phi) is 5.25. The molecule has 2 heterocycles. The first-order chi connectivity index (χ1) is 9.43. The third-order valence-electron chi connectivity index (χ3n) is 3.69. The molecule has 2 N–H and O–H groups in total. The van der Waals surface area contributed by atoms with Crippen molar-refractivity contribution in [2.75, 3.05) is 38.7 Å². The number of hydrogen-bond acceptors (Lipinski definition) is 6. The van der Waals surface area contributed by atoms with E-state index in [4.69, 9.17) is 11.6 Å². The van der Waals surface area contributed by atoms with E-state index >= 15 is 0 Å². The first-order valence-corrected chi connectivity index (χ1v) is 8.01. The molecule has 5 nitrogen and oxygen atoms in total. The fourth-order valence-corrected chi connectivity index (χ4v) is 3.59. The predicted octanol–water partition coefficient (Wildman–Crippen LogP) is 1.57. The van der Waals surface area contributed by atoms with Crippen LogP contribution in [0.2, 0.25) is 5.15 Å². The van der Waals surface area contributed by atoms with Gasteiger partial charge in [0.2, 0.25) is 0 Å². The number of nitrogens with zero attached hydrogens (tertiary/aromatic N) is 3. The van der Waals surface area contributed by atoms with Crippen LogP contribution in [0.5, 0.6) is 0 Å². The van der Waals surface area contributed by atoms with E-state index < -0.39 is 5.60 Å². The highest BCUT2D eigenvalue weighted by Gasteiger charge is 2.29. The largest absolute Gasteiger partial charge is 0.393 e. The van der Waals surface area contributed by atoms with Crippen molar-refractivity contribution in [1.82, 2.24) is 9.88 Å². The second kappa shape index (κ2) is 6.58. The highest BCUT2D eigenvalue weighted by molar-refractivity contribution is 7.16. The van der Waals surface area contributed by atoms with Crippen LogP contribution >= 0.6 is 22.9 Å². The zero-order chi connectivity index (χ0) is 14.8. The van der Waals surface area contributed by atoms with Gasteiger partial charge in [-0.15, -0.1) is 0 Å². The molecule has 1 atom stereocenters. The maximum Gasteiger partial charge on any atom is 0.186 e. The molecule has 1 aromatic rings. The smallest absolute Gasteiger partial charge is 0.186 e. The first kappa shape index (κ1) is 16.0. The van der Waals surface area contributed by atoms with E-state index in [1.54, 1.807) is 11.3 Å². The molecule has 0 spiro atoms. The molecule has 114 valence electrons. The van der Waals surface area contributed by atoms with Gasteiger partial charge >= 0.3 is 0 Å². The number of anilines is 1. The standard InChI is InChI=1S/C13H22ClN3O2S/c1-16(2)12-15-11(14)10(20-12)8-17-6-3-4-13(19,9-18)5-7-17/h18-19H,3-9H2,1-2H3. The molecule has 20 heavy (non-hydrogen) atoms. The zero-order valence-corrected chi connectivity index (χ0v) is 13.5. The minimum Gasteiger partial charge on any atom is -0.393 e.